The van der Waals surface area contributed by atoms with Crippen LogP contribution in [-0.2, 0) is 9.53 Å². The van der Waals surface area contributed by atoms with Crippen molar-refractivity contribution in [1.29, 1.82) is 0 Å². The van der Waals surface area contributed by atoms with Crippen molar-refractivity contribution in [2.45, 2.75) is 38.2 Å². The Bertz CT molecular complexity index is 401. The summed E-state index contributed by atoms with van der Waals surface area (Å²) in [6, 6.07) is 3.49. The van der Waals surface area contributed by atoms with Gasteiger partial charge in [0.2, 0.25) is 0 Å². The first-order valence-corrected chi connectivity index (χ1v) is 6.03. The number of rotatable bonds is 4. The van der Waals surface area contributed by atoms with Gasteiger partial charge in [0, 0.05) is 23.4 Å². The Balaban J connectivity index is 2.21. The number of carbonyl (C=O) groups is 1. The molecule has 1 unspecified atom stereocenters. The van der Waals surface area contributed by atoms with E-state index in [1.807, 2.05) is 0 Å². The first-order valence-electron chi connectivity index (χ1n) is 6.03. The minimum absolute atomic E-state index is 0.273. The van der Waals surface area contributed by atoms with Crippen molar-refractivity contribution in [1.82, 2.24) is 4.98 Å². The van der Waals surface area contributed by atoms with Gasteiger partial charge in [-0.2, -0.15) is 0 Å². The molecule has 1 heterocycles. The minimum Gasteiger partial charge on any atom is -0.464 e. The predicted octanol–water partition coefficient (Wildman–Crippen LogP) is 1.95. The Morgan fingerprint density at radius 3 is 3.00 bits per heavy atom. The molecule has 0 radical (unpaired) electrons. The number of hydrogen-bond donors (Lipinski definition) is 1. The molecule has 1 aromatic rings. The van der Waals surface area contributed by atoms with Crippen molar-refractivity contribution in [2.75, 3.05) is 6.61 Å². The summed E-state index contributed by atoms with van der Waals surface area (Å²) in [6.45, 7) is 2.00. The fraction of sp³-hybridized carbons (Fsp3) is 0.538. The molecule has 17 heavy (non-hydrogen) atoms. The van der Waals surface area contributed by atoms with Crippen LogP contribution in [0.2, 0.25) is 0 Å². The lowest BCUT2D eigenvalue weighted by Crippen LogP contribution is -2.20. The second-order valence-electron chi connectivity index (χ2n) is 4.26. The number of ether oxygens (including phenoxy) is 1. The highest BCUT2D eigenvalue weighted by Crippen LogP contribution is 2.38. The number of pyridine rings is 1. The van der Waals surface area contributed by atoms with Crippen LogP contribution >= 0.6 is 0 Å². The molecule has 92 valence electrons. The monoisotopic (exact) mass is 235 g/mol. The van der Waals surface area contributed by atoms with Crippen LogP contribution in [0.1, 0.15) is 49.5 Å². The van der Waals surface area contributed by atoms with Gasteiger partial charge in [0.25, 0.3) is 0 Å². The average molecular weight is 235 g/mol. The van der Waals surface area contributed by atoms with Crippen LogP contribution in [0.4, 0.5) is 0 Å². The summed E-state index contributed by atoms with van der Waals surface area (Å²) in [5, 5.41) is 9.95. The molecule has 4 heteroatoms. The van der Waals surface area contributed by atoms with E-state index in [-0.39, 0.29) is 6.61 Å². The third-order valence-electron chi connectivity index (χ3n) is 3.17. The molecule has 1 aliphatic carbocycles. The van der Waals surface area contributed by atoms with E-state index in [0.717, 1.165) is 18.5 Å². The molecular formula is C13H17NO3. The second kappa shape index (κ2) is 5.27. The molecule has 0 spiro atoms. The van der Waals surface area contributed by atoms with Crippen molar-refractivity contribution < 1.29 is 14.6 Å². The lowest BCUT2D eigenvalue weighted by molar-refractivity contribution is -0.153. The van der Waals surface area contributed by atoms with Crippen molar-refractivity contribution in [3.05, 3.63) is 29.6 Å². The molecule has 1 fully saturated rings. The molecule has 0 amide bonds. The fourth-order valence-corrected chi connectivity index (χ4v) is 2.03. The summed E-state index contributed by atoms with van der Waals surface area (Å²) in [5.41, 5.74) is 1.44. The van der Waals surface area contributed by atoms with Crippen LogP contribution in [0.3, 0.4) is 0 Å². The van der Waals surface area contributed by atoms with Gasteiger partial charge in [-0.25, -0.2) is 4.79 Å². The van der Waals surface area contributed by atoms with Gasteiger partial charge < -0.3 is 9.84 Å². The van der Waals surface area contributed by atoms with Gasteiger partial charge in [-0.15, -0.1) is 0 Å². The van der Waals surface area contributed by atoms with E-state index in [9.17, 15) is 9.90 Å². The molecule has 0 saturated heterocycles. The lowest BCUT2D eigenvalue weighted by Gasteiger charge is -2.27. The number of aliphatic hydroxyl groups excluding tert-OH is 1. The highest BCUT2D eigenvalue weighted by atomic mass is 16.5. The number of nitrogens with zero attached hydrogens (tertiary/aromatic N) is 1. The Labute approximate surface area is 101 Å². The lowest BCUT2D eigenvalue weighted by atomic mass is 9.80. The standard InChI is InChI=1S/C13H17NO3/c1-2-17-13(16)12(15)10-7-4-8-14-11(10)9-5-3-6-9/h4,7-9,12,15H,2-3,5-6H2,1H3. The maximum absolute atomic E-state index is 11.5. The maximum atomic E-state index is 11.5. The van der Waals surface area contributed by atoms with Crippen LogP contribution < -0.4 is 0 Å². The summed E-state index contributed by atoms with van der Waals surface area (Å²) in [4.78, 5) is 15.8. The topological polar surface area (TPSA) is 59.4 Å². The zero-order valence-electron chi connectivity index (χ0n) is 9.93. The molecule has 1 aromatic heterocycles. The Morgan fingerprint density at radius 2 is 2.41 bits per heavy atom. The number of esters is 1. The maximum Gasteiger partial charge on any atom is 0.339 e. The van der Waals surface area contributed by atoms with E-state index >= 15 is 0 Å². The third kappa shape index (κ3) is 2.47. The van der Waals surface area contributed by atoms with E-state index in [2.05, 4.69) is 4.98 Å². The van der Waals surface area contributed by atoms with Crippen molar-refractivity contribution in [3.8, 4) is 0 Å². The van der Waals surface area contributed by atoms with Gasteiger partial charge in [0.15, 0.2) is 6.10 Å². The Morgan fingerprint density at radius 1 is 1.65 bits per heavy atom. The zero-order chi connectivity index (χ0) is 12.3. The van der Waals surface area contributed by atoms with Gasteiger partial charge in [-0.1, -0.05) is 12.5 Å². The van der Waals surface area contributed by atoms with Gasteiger partial charge in [0.05, 0.1) is 6.61 Å². The number of carbonyl (C=O) groups excluding carboxylic acids is 1. The molecule has 2 rings (SSSR count). The molecular weight excluding hydrogens is 218 g/mol. The number of aromatic nitrogens is 1. The first-order chi connectivity index (χ1) is 8.24. The molecule has 0 aromatic carbocycles. The average Bonchev–Trinajstić information content (AvgIpc) is 2.27. The zero-order valence-corrected chi connectivity index (χ0v) is 9.93. The molecule has 1 N–H and O–H groups in total. The Kier molecular flexibility index (Phi) is 3.74. The molecule has 0 aliphatic heterocycles. The summed E-state index contributed by atoms with van der Waals surface area (Å²) in [6.07, 6.45) is 3.85. The van der Waals surface area contributed by atoms with E-state index in [0.29, 0.717) is 11.5 Å². The van der Waals surface area contributed by atoms with Crippen LogP contribution in [0.5, 0.6) is 0 Å². The van der Waals surface area contributed by atoms with Gasteiger partial charge in [-0.05, 0) is 25.8 Å². The Hall–Kier alpha value is -1.42. The highest BCUT2D eigenvalue weighted by Gasteiger charge is 2.28. The second-order valence-corrected chi connectivity index (χ2v) is 4.26. The summed E-state index contributed by atoms with van der Waals surface area (Å²) >= 11 is 0. The highest BCUT2D eigenvalue weighted by molar-refractivity contribution is 5.76. The number of aliphatic hydroxyl groups is 1. The summed E-state index contributed by atoms with van der Waals surface area (Å²) in [7, 11) is 0. The van der Waals surface area contributed by atoms with Crippen LogP contribution in [-0.4, -0.2) is 22.7 Å². The molecule has 1 aliphatic rings. The van der Waals surface area contributed by atoms with E-state index in [4.69, 9.17) is 4.74 Å². The quantitative estimate of drug-likeness (QED) is 0.810. The van der Waals surface area contributed by atoms with Crippen LogP contribution in [0.25, 0.3) is 0 Å². The van der Waals surface area contributed by atoms with Crippen LogP contribution in [0.15, 0.2) is 18.3 Å². The summed E-state index contributed by atoms with van der Waals surface area (Å²) < 4.78 is 4.83. The van der Waals surface area contributed by atoms with E-state index in [1.165, 1.54) is 6.42 Å². The minimum atomic E-state index is -1.21. The van der Waals surface area contributed by atoms with Gasteiger partial charge in [0.1, 0.15) is 0 Å². The predicted molar refractivity (Wildman–Crippen MR) is 62.4 cm³/mol. The van der Waals surface area contributed by atoms with Crippen LogP contribution in [0, 0.1) is 0 Å². The van der Waals surface area contributed by atoms with E-state index in [1.54, 1.807) is 25.3 Å². The molecule has 1 saturated carbocycles. The third-order valence-corrected chi connectivity index (χ3v) is 3.17. The summed E-state index contributed by atoms with van der Waals surface area (Å²) in [5.74, 6) is -0.212. The molecule has 0 bridgehead atoms. The fourth-order valence-electron chi connectivity index (χ4n) is 2.03. The molecule has 1 atom stereocenters. The SMILES string of the molecule is CCOC(=O)C(O)c1cccnc1C1CCC1. The van der Waals surface area contributed by atoms with Gasteiger partial charge >= 0.3 is 5.97 Å². The smallest absolute Gasteiger partial charge is 0.339 e. The van der Waals surface area contributed by atoms with Crippen molar-refractivity contribution in [3.63, 3.8) is 0 Å². The van der Waals surface area contributed by atoms with Crippen molar-refractivity contribution >= 4 is 5.97 Å². The first kappa shape index (κ1) is 12.0. The van der Waals surface area contributed by atoms with Gasteiger partial charge in [-0.3, -0.25) is 4.98 Å². The number of hydrogen-bond acceptors (Lipinski definition) is 4. The molecule has 4 nitrogen and oxygen atoms in total. The van der Waals surface area contributed by atoms with Crippen molar-refractivity contribution in [2.24, 2.45) is 0 Å². The normalized spacial score (nSPS) is 17.3. The largest absolute Gasteiger partial charge is 0.464 e. The van der Waals surface area contributed by atoms with E-state index < -0.39 is 12.1 Å².